The molecule has 0 aliphatic heterocycles. The number of carbonyl (C=O) groups excluding carboxylic acids is 1. The van der Waals surface area contributed by atoms with Gasteiger partial charge in [0.1, 0.15) is 23.0 Å². The van der Waals surface area contributed by atoms with E-state index in [0.29, 0.717) is 40.4 Å². The highest BCUT2D eigenvalue weighted by atomic mass is 32.2. The van der Waals surface area contributed by atoms with E-state index in [9.17, 15) is 9.18 Å². The zero-order valence-electron chi connectivity index (χ0n) is 22.8. The van der Waals surface area contributed by atoms with Gasteiger partial charge < -0.3 is 24.0 Å². The Labute approximate surface area is 236 Å². The van der Waals surface area contributed by atoms with Gasteiger partial charge in [-0.25, -0.2) is 4.39 Å². The standard InChI is InChI=1S/C26H25FN6O4S.C2H6/c1-4-17-5-6-20(36-8-7-28)23(11-17)38-32-25-24-21(35-3)9-18(10-22(24)37-31-25)14-33-15-19(13-30-33)12-29-26(34)16(2)27;1-2/h5-6,9-11,13,15H,2,4,8,12,14H2,1,3H3,(H,29,34)(H,31,32);1-2H3. The van der Waals surface area contributed by atoms with Crippen molar-refractivity contribution in [2.45, 2.75) is 45.2 Å². The second-order valence-electron chi connectivity index (χ2n) is 8.12. The number of rotatable bonds is 12. The highest BCUT2D eigenvalue weighted by Gasteiger charge is 2.17. The van der Waals surface area contributed by atoms with Crippen LogP contribution in [-0.4, -0.2) is 34.6 Å². The Kier molecular flexibility index (Phi) is 11.0. The minimum atomic E-state index is -1.04. The predicted octanol–water partition coefficient (Wildman–Crippen LogP) is 5.79. The number of carbonyl (C=O) groups is 1. The van der Waals surface area contributed by atoms with E-state index >= 15 is 0 Å². The van der Waals surface area contributed by atoms with Crippen molar-refractivity contribution >= 4 is 34.6 Å². The van der Waals surface area contributed by atoms with Crippen LogP contribution in [0.1, 0.15) is 37.5 Å². The quantitative estimate of drug-likeness (QED) is 0.162. The van der Waals surface area contributed by atoms with Crippen LogP contribution < -0.4 is 19.5 Å². The second kappa shape index (κ2) is 14.6. The summed E-state index contributed by atoms with van der Waals surface area (Å²) in [4.78, 5) is 12.2. The van der Waals surface area contributed by atoms with Crippen LogP contribution in [0, 0.1) is 11.3 Å². The van der Waals surface area contributed by atoms with Crippen molar-refractivity contribution in [3.8, 4) is 17.6 Å². The molecule has 2 aromatic carbocycles. The second-order valence-corrected chi connectivity index (χ2v) is 8.97. The third-order valence-corrected chi connectivity index (χ3v) is 6.35. The molecule has 0 aliphatic rings. The summed E-state index contributed by atoms with van der Waals surface area (Å²) in [6.07, 6.45) is 4.19. The lowest BCUT2D eigenvalue weighted by Crippen LogP contribution is -2.22. The molecule has 4 rings (SSSR count). The van der Waals surface area contributed by atoms with Gasteiger partial charge in [0, 0.05) is 18.3 Å². The number of aromatic nitrogens is 3. The van der Waals surface area contributed by atoms with Crippen molar-refractivity contribution in [1.82, 2.24) is 20.3 Å². The number of nitriles is 1. The number of fused-ring (bicyclic) bond motifs is 1. The normalized spacial score (nSPS) is 10.3. The maximum absolute atomic E-state index is 12.8. The van der Waals surface area contributed by atoms with E-state index < -0.39 is 11.7 Å². The number of anilines is 1. The number of methoxy groups -OCH3 is 1. The first kappa shape index (κ1) is 30.0. The molecule has 10 nitrogen and oxygen atoms in total. The first-order valence-corrected chi connectivity index (χ1v) is 13.4. The molecule has 0 saturated heterocycles. The van der Waals surface area contributed by atoms with Crippen LogP contribution in [0.3, 0.4) is 0 Å². The van der Waals surface area contributed by atoms with Crippen molar-refractivity contribution in [1.29, 1.82) is 5.26 Å². The number of nitrogens with one attached hydrogen (secondary N) is 2. The third kappa shape index (κ3) is 7.54. The van der Waals surface area contributed by atoms with Gasteiger partial charge in [0.2, 0.25) is 0 Å². The maximum Gasteiger partial charge on any atom is 0.279 e. The zero-order valence-corrected chi connectivity index (χ0v) is 23.6. The molecule has 0 bridgehead atoms. The van der Waals surface area contributed by atoms with Crippen LogP contribution in [0.5, 0.6) is 11.5 Å². The monoisotopic (exact) mass is 566 g/mol. The molecular weight excluding hydrogens is 535 g/mol. The lowest BCUT2D eigenvalue weighted by Gasteiger charge is -2.11. The number of ether oxygens (including phenoxy) is 2. The van der Waals surface area contributed by atoms with Crippen LogP contribution >= 0.6 is 11.9 Å². The van der Waals surface area contributed by atoms with Gasteiger partial charge in [0.25, 0.3) is 5.91 Å². The first-order valence-electron chi connectivity index (χ1n) is 12.6. The Morgan fingerprint density at radius 2 is 2.02 bits per heavy atom. The summed E-state index contributed by atoms with van der Waals surface area (Å²) in [5.41, 5.74) is 3.21. The molecule has 2 N–H and O–H groups in total. The molecule has 0 aliphatic carbocycles. The fraction of sp³-hybridized carbons (Fsp3) is 0.286. The number of hydrogen-bond donors (Lipinski definition) is 2. The van der Waals surface area contributed by atoms with Crippen molar-refractivity contribution in [3.63, 3.8) is 0 Å². The SMILES string of the molecule is C=C(F)C(=O)NCc1cnn(Cc2cc(OC)c3c(NSc4cc(CC)ccc4OCC#N)noc3c2)c1.CC. The van der Waals surface area contributed by atoms with Gasteiger partial charge in [0.05, 0.1) is 24.7 Å². The molecule has 0 spiro atoms. The number of halogens is 1. The van der Waals surface area contributed by atoms with E-state index in [4.69, 9.17) is 19.3 Å². The fourth-order valence-corrected chi connectivity index (χ4v) is 4.43. The van der Waals surface area contributed by atoms with Crippen LogP contribution in [-0.2, 0) is 24.3 Å². The van der Waals surface area contributed by atoms with Gasteiger partial charge in [-0.05, 0) is 53.8 Å². The van der Waals surface area contributed by atoms with Gasteiger partial charge >= 0.3 is 0 Å². The highest BCUT2D eigenvalue weighted by Crippen LogP contribution is 2.37. The molecule has 2 heterocycles. The van der Waals surface area contributed by atoms with Gasteiger partial charge in [-0.15, -0.1) is 0 Å². The van der Waals surface area contributed by atoms with Crippen LogP contribution in [0.4, 0.5) is 10.2 Å². The van der Waals surface area contributed by atoms with Gasteiger partial charge in [-0.1, -0.05) is 38.6 Å². The molecule has 0 unspecified atom stereocenters. The summed E-state index contributed by atoms with van der Waals surface area (Å²) in [7, 11) is 1.56. The Bertz CT molecular complexity index is 1510. The molecule has 0 fully saturated rings. The number of benzene rings is 2. The minimum absolute atomic E-state index is 0.0533. The zero-order chi connectivity index (χ0) is 29.1. The third-order valence-electron chi connectivity index (χ3n) is 5.51. The average Bonchev–Trinajstić information content (AvgIpc) is 3.60. The summed E-state index contributed by atoms with van der Waals surface area (Å²) < 4.78 is 34.5. The molecule has 0 atom stereocenters. The van der Waals surface area contributed by atoms with Gasteiger partial charge in [-0.2, -0.15) is 10.4 Å². The number of nitrogens with zero attached hydrogens (tertiary/aromatic N) is 4. The van der Waals surface area contributed by atoms with E-state index in [-0.39, 0.29) is 13.2 Å². The number of hydrogen-bond acceptors (Lipinski definition) is 9. The maximum atomic E-state index is 12.8. The smallest absolute Gasteiger partial charge is 0.279 e. The summed E-state index contributed by atoms with van der Waals surface area (Å²) in [5, 5.41) is 20.5. The molecule has 210 valence electrons. The molecule has 4 aromatic rings. The molecule has 40 heavy (non-hydrogen) atoms. The van der Waals surface area contributed by atoms with E-state index in [1.54, 1.807) is 24.2 Å². The summed E-state index contributed by atoms with van der Waals surface area (Å²) in [6, 6.07) is 11.5. The van der Waals surface area contributed by atoms with E-state index in [1.807, 2.05) is 50.2 Å². The van der Waals surface area contributed by atoms with Gasteiger partial charge in [-0.3, -0.25) is 9.48 Å². The number of amides is 1. The average molecular weight is 567 g/mol. The van der Waals surface area contributed by atoms with Crippen LogP contribution in [0.25, 0.3) is 11.0 Å². The summed E-state index contributed by atoms with van der Waals surface area (Å²) in [5.74, 6) is -0.264. The number of aryl methyl sites for hydroxylation is 1. The topological polar surface area (TPSA) is 127 Å². The Hall–Kier alpha value is -4.50. The minimum Gasteiger partial charge on any atom is -0.496 e. The predicted molar refractivity (Wildman–Crippen MR) is 152 cm³/mol. The van der Waals surface area contributed by atoms with Crippen molar-refractivity contribution in [3.05, 3.63) is 71.8 Å². The summed E-state index contributed by atoms with van der Waals surface area (Å²) >= 11 is 1.30. The Morgan fingerprint density at radius 3 is 2.73 bits per heavy atom. The Balaban J connectivity index is 0.00000216. The van der Waals surface area contributed by atoms with Crippen molar-refractivity contribution in [2.24, 2.45) is 0 Å². The fourth-order valence-electron chi connectivity index (χ4n) is 3.65. The lowest BCUT2D eigenvalue weighted by atomic mass is 10.1. The van der Waals surface area contributed by atoms with Crippen LogP contribution in [0.15, 0.2) is 64.5 Å². The van der Waals surface area contributed by atoms with Crippen molar-refractivity contribution < 1.29 is 23.2 Å². The largest absolute Gasteiger partial charge is 0.496 e. The van der Waals surface area contributed by atoms with Crippen molar-refractivity contribution in [2.75, 3.05) is 18.4 Å². The highest BCUT2D eigenvalue weighted by molar-refractivity contribution is 8.00. The van der Waals surface area contributed by atoms with E-state index in [0.717, 1.165) is 22.4 Å². The lowest BCUT2D eigenvalue weighted by molar-refractivity contribution is -0.119. The molecule has 12 heteroatoms. The van der Waals surface area contributed by atoms with E-state index in [1.165, 1.54) is 11.9 Å². The first-order chi connectivity index (χ1) is 19.4. The molecule has 2 aromatic heterocycles. The van der Waals surface area contributed by atoms with Gasteiger partial charge in [0.15, 0.2) is 23.8 Å². The molecule has 1 amide bonds. The Morgan fingerprint density at radius 1 is 1.23 bits per heavy atom. The molecular formula is C28H31FN6O4S. The molecule has 0 radical (unpaired) electrons. The summed E-state index contributed by atoms with van der Waals surface area (Å²) in [6.45, 7) is 9.51. The van der Waals surface area contributed by atoms with E-state index in [2.05, 4.69) is 33.8 Å². The van der Waals surface area contributed by atoms with Crippen LogP contribution in [0.2, 0.25) is 0 Å². The molecule has 0 saturated carbocycles.